The molecule has 0 saturated heterocycles. The Hall–Kier alpha value is -5.32. The topological polar surface area (TPSA) is 37.8 Å². The van der Waals surface area contributed by atoms with Gasteiger partial charge in [0.25, 0.3) is 0 Å². The average molecular weight is 624 g/mol. The first-order valence-corrected chi connectivity index (χ1v) is 17.0. The van der Waals surface area contributed by atoms with Gasteiger partial charge in [-0.3, -0.25) is 0 Å². The quantitative estimate of drug-likeness (QED) is 0.198. The van der Waals surface area contributed by atoms with Crippen molar-refractivity contribution in [2.75, 3.05) is 5.32 Å². The Labute approximate surface area is 278 Å². The van der Waals surface area contributed by atoms with E-state index >= 15 is 0 Å². The second-order valence-electron chi connectivity index (χ2n) is 13.2. The molecule has 0 aliphatic heterocycles. The minimum atomic E-state index is -0.246. The standard InChI is InChI=1S/C43H33N3S/c1-25-13-12-19-33-36(25)43(3,4)37(29-23-24-32-31-18-10-11-20-35(31)47-41(32)26(29)2)40(33)46-42-44-38(28-15-6-5-7-16-28)34-22-21-27-14-8-9-17-30(27)39(34)45-42/h5-24H,1-4H3,(H,44,45,46). The molecule has 1 aliphatic carbocycles. The van der Waals surface area contributed by atoms with E-state index in [2.05, 4.69) is 148 Å². The van der Waals surface area contributed by atoms with Gasteiger partial charge in [-0.15, -0.1) is 11.3 Å². The van der Waals surface area contributed by atoms with E-state index < -0.39 is 0 Å². The lowest BCUT2D eigenvalue weighted by Crippen LogP contribution is -2.18. The predicted octanol–water partition coefficient (Wildman–Crippen LogP) is 11.7. The molecule has 0 spiro atoms. The number of nitrogens with one attached hydrogen (secondary N) is 1. The number of aryl methyl sites for hydroxylation is 2. The summed E-state index contributed by atoms with van der Waals surface area (Å²) in [6, 6.07) is 43.3. The summed E-state index contributed by atoms with van der Waals surface area (Å²) in [6.45, 7) is 9.24. The Balaban J connectivity index is 1.32. The van der Waals surface area contributed by atoms with Gasteiger partial charge < -0.3 is 5.32 Å². The molecule has 0 amide bonds. The van der Waals surface area contributed by atoms with Crippen molar-refractivity contribution >= 4 is 70.4 Å². The zero-order valence-corrected chi connectivity index (χ0v) is 27.7. The number of thiophene rings is 1. The van der Waals surface area contributed by atoms with Crippen molar-refractivity contribution in [2.45, 2.75) is 33.1 Å². The monoisotopic (exact) mass is 623 g/mol. The SMILES string of the molecule is Cc1cccc2c1C(C)(C)C(c1ccc3c(sc4ccccc43)c1C)=C2Nc1nc(-c2ccccc2)c2ccc3ccccc3c2n1. The molecule has 8 aromatic rings. The van der Waals surface area contributed by atoms with Gasteiger partial charge in [-0.25, -0.2) is 9.97 Å². The van der Waals surface area contributed by atoms with Crippen LogP contribution >= 0.6 is 11.3 Å². The van der Waals surface area contributed by atoms with Crippen molar-refractivity contribution in [1.82, 2.24) is 9.97 Å². The highest BCUT2D eigenvalue weighted by Gasteiger charge is 2.41. The number of nitrogens with zero attached hydrogens (tertiary/aromatic N) is 2. The zero-order chi connectivity index (χ0) is 31.9. The molecule has 0 atom stereocenters. The number of hydrogen-bond donors (Lipinski definition) is 1. The molecular weight excluding hydrogens is 591 g/mol. The fraction of sp³-hybridized carbons (Fsp3) is 0.116. The van der Waals surface area contributed by atoms with Crippen molar-refractivity contribution in [3.05, 3.63) is 149 Å². The Morgan fingerprint density at radius 3 is 2.21 bits per heavy atom. The molecular formula is C43H33N3S. The summed E-state index contributed by atoms with van der Waals surface area (Å²) in [5, 5.41) is 9.84. The molecule has 47 heavy (non-hydrogen) atoms. The van der Waals surface area contributed by atoms with Crippen LogP contribution in [0.25, 0.3) is 64.4 Å². The van der Waals surface area contributed by atoms with E-state index in [1.165, 1.54) is 58.9 Å². The van der Waals surface area contributed by atoms with Crippen molar-refractivity contribution < 1.29 is 0 Å². The highest BCUT2D eigenvalue weighted by molar-refractivity contribution is 7.26. The molecule has 0 fully saturated rings. The van der Waals surface area contributed by atoms with Gasteiger partial charge >= 0.3 is 0 Å². The zero-order valence-electron chi connectivity index (χ0n) is 26.8. The first kappa shape index (κ1) is 27.9. The molecule has 9 rings (SSSR count). The molecule has 0 saturated carbocycles. The minimum absolute atomic E-state index is 0.246. The number of allylic oxidation sites excluding steroid dienone is 1. The van der Waals surface area contributed by atoms with Gasteiger partial charge in [-0.05, 0) is 59.2 Å². The number of aromatic nitrogens is 2. The molecule has 2 heterocycles. The van der Waals surface area contributed by atoms with Crippen LogP contribution in [0.2, 0.25) is 0 Å². The first-order valence-electron chi connectivity index (χ1n) is 16.2. The molecule has 0 unspecified atom stereocenters. The molecule has 6 aromatic carbocycles. The summed E-state index contributed by atoms with van der Waals surface area (Å²) < 4.78 is 2.67. The molecule has 2 aromatic heterocycles. The Morgan fingerprint density at radius 2 is 1.36 bits per heavy atom. The molecule has 1 aliphatic rings. The Morgan fingerprint density at radius 1 is 0.617 bits per heavy atom. The van der Waals surface area contributed by atoms with E-state index in [0.717, 1.165) is 33.2 Å². The maximum atomic E-state index is 5.27. The minimum Gasteiger partial charge on any atom is -0.323 e. The molecule has 3 nitrogen and oxygen atoms in total. The third-order valence-electron chi connectivity index (χ3n) is 9.98. The second-order valence-corrected chi connectivity index (χ2v) is 14.2. The maximum Gasteiger partial charge on any atom is 0.228 e. The van der Waals surface area contributed by atoms with Crippen LogP contribution in [0.5, 0.6) is 0 Å². The van der Waals surface area contributed by atoms with Crippen LogP contribution in [0.15, 0.2) is 121 Å². The molecule has 1 N–H and O–H groups in total. The van der Waals surface area contributed by atoms with Crippen molar-refractivity contribution in [3.8, 4) is 11.3 Å². The van der Waals surface area contributed by atoms with Crippen LogP contribution < -0.4 is 5.32 Å². The van der Waals surface area contributed by atoms with Gasteiger partial charge in [0.1, 0.15) is 0 Å². The lowest BCUT2D eigenvalue weighted by Gasteiger charge is -2.27. The third-order valence-corrected chi connectivity index (χ3v) is 11.3. The van der Waals surface area contributed by atoms with Crippen LogP contribution in [0.1, 0.15) is 41.7 Å². The Bertz CT molecular complexity index is 2590. The van der Waals surface area contributed by atoms with E-state index in [1.54, 1.807) is 0 Å². The maximum absolute atomic E-state index is 5.27. The molecule has 0 bridgehead atoms. The fourth-order valence-corrected chi connectivity index (χ4v) is 9.13. The second kappa shape index (κ2) is 10.3. The van der Waals surface area contributed by atoms with E-state index in [-0.39, 0.29) is 5.41 Å². The number of fused-ring (bicyclic) bond motifs is 7. The number of rotatable bonds is 4. The highest BCUT2D eigenvalue weighted by Crippen LogP contribution is 2.53. The van der Waals surface area contributed by atoms with E-state index in [0.29, 0.717) is 5.95 Å². The van der Waals surface area contributed by atoms with Crippen LogP contribution in [0, 0.1) is 13.8 Å². The summed E-state index contributed by atoms with van der Waals surface area (Å²) >= 11 is 1.89. The summed E-state index contributed by atoms with van der Waals surface area (Å²) in [6.07, 6.45) is 0. The summed E-state index contributed by atoms with van der Waals surface area (Å²) in [5.74, 6) is 0.603. The lowest BCUT2D eigenvalue weighted by molar-refractivity contribution is 0.697. The van der Waals surface area contributed by atoms with Gasteiger partial charge in [0.05, 0.1) is 16.9 Å². The Kier molecular flexibility index (Phi) is 6.15. The van der Waals surface area contributed by atoms with Gasteiger partial charge in [0.2, 0.25) is 5.95 Å². The number of hydrogen-bond acceptors (Lipinski definition) is 4. The van der Waals surface area contributed by atoms with Crippen molar-refractivity contribution in [2.24, 2.45) is 0 Å². The van der Waals surface area contributed by atoms with Crippen LogP contribution in [-0.4, -0.2) is 9.97 Å². The first-order chi connectivity index (χ1) is 22.9. The summed E-state index contributed by atoms with van der Waals surface area (Å²) in [7, 11) is 0. The van der Waals surface area contributed by atoms with Crippen molar-refractivity contribution in [1.29, 1.82) is 0 Å². The summed E-state index contributed by atoms with van der Waals surface area (Å²) in [5.41, 5.74) is 11.5. The summed E-state index contributed by atoms with van der Waals surface area (Å²) in [4.78, 5) is 10.5. The normalized spacial score (nSPS) is 14.0. The largest absolute Gasteiger partial charge is 0.323 e. The van der Waals surface area contributed by atoms with Crippen LogP contribution in [0.4, 0.5) is 5.95 Å². The van der Waals surface area contributed by atoms with Gasteiger partial charge in [0.15, 0.2) is 0 Å². The van der Waals surface area contributed by atoms with E-state index in [9.17, 15) is 0 Å². The lowest BCUT2D eigenvalue weighted by atomic mass is 9.76. The van der Waals surface area contributed by atoms with Gasteiger partial charge in [0, 0.05) is 47.5 Å². The molecule has 4 heteroatoms. The van der Waals surface area contributed by atoms with E-state index in [4.69, 9.17) is 9.97 Å². The smallest absolute Gasteiger partial charge is 0.228 e. The van der Waals surface area contributed by atoms with Crippen molar-refractivity contribution in [3.63, 3.8) is 0 Å². The predicted molar refractivity (Wildman–Crippen MR) is 201 cm³/mol. The average Bonchev–Trinajstić information content (AvgIpc) is 3.58. The third kappa shape index (κ3) is 4.18. The molecule has 226 valence electrons. The fourth-order valence-electron chi connectivity index (χ4n) is 7.92. The van der Waals surface area contributed by atoms with Gasteiger partial charge in [-0.1, -0.05) is 123 Å². The van der Waals surface area contributed by atoms with E-state index in [1.807, 2.05) is 17.4 Å². The van der Waals surface area contributed by atoms with Gasteiger partial charge in [-0.2, -0.15) is 0 Å². The number of benzene rings is 6. The highest BCUT2D eigenvalue weighted by atomic mass is 32.1. The number of anilines is 1. The molecule has 0 radical (unpaired) electrons. The van der Waals surface area contributed by atoms with Crippen LogP contribution in [0.3, 0.4) is 0 Å². The van der Waals surface area contributed by atoms with Crippen LogP contribution in [-0.2, 0) is 5.41 Å².